The third-order valence-electron chi connectivity index (χ3n) is 3.63. The normalized spacial score (nSPS) is 16.5. The quantitative estimate of drug-likeness (QED) is 0.783. The largest absolute Gasteiger partial charge is 0.387 e. The summed E-state index contributed by atoms with van der Waals surface area (Å²) in [5.41, 5.74) is 0.915. The number of benzene rings is 1. The van der Waals surface area contributed by atoms with Gasteiger partial charge in [0.2, 0.25) is 10.0 Å². The van der Waals surface area contributed by atoms with Crippen molar-refractivity contribution in [2.45, 2.75) is 29.1 Å². The highest BCUT2D eigenvalue weighted by Crippen LogP contribution is 2.38. The Hall–Kier alpha value is -0.630. The molecule has 0 spiro atoms. The lowest BCUT2D eigenvalue weighted by atomic mass is 10.2. The van der Waals surface area contributed by atoms with Crippen LogP contribution in [0.25, 0.3) is 0 Å². The van der Waals surface area contributed by atoms with Gasteiger partial charge in [-0.3, -0.25) is 0 Å². The molecular weight excluding hydrogens is 336 g/mol. The molecule has 1 N–H and O–H groups in total. The molecule has 0 atom stereocenters. The fourth-order valence-corrected chi connectivity index (χ4v) is 5.31. The molecule has 4 nitrogen and oxygen atoms in total. The Morgan fingerprint density at radius 3 is 2.55 bits per heavy atom. The first-order valence-corrected chi connectivity index (χ1v) is 10.7. The highest BCUT2D eigenvalue weighted by molar-refractivity contribution is 8.22. The van der Waals surface area contributed by atoms with Crippen LogP contribution in [0.2, 0.25) is 0 Å². The summed E-state index contributed by atoms with van der Waals surface area (Å²) >= 11 is 3.06. The average Bonchev–Trinajstić information content (AvgIpc) is 2.55. The van der Waals surface area contributed by atoms with Gasteiger partial charge in [-0.15, -0.1) is 11.8 Å². The smallest absolute Gasteiger partial charge is 0.243 e. The SMILES string of the molecule is C=C(SC)Sc1cc(S(=O)(=O)N2CCCCC2)ccc1NC. The summed E-state index contributed by atoms with van der Waals surface area (Å²) in [7, 11) is -1.56. The number of nitrogens with one attached hydrogen (secondary N) is 1. The van der Waals surface area contributed by atoms with Gasteiger partial charge in [0.15, 0.2) is 0 Å². The molecule has 7 heteroatoms. The summed E-state index contributed by atoms with van der Waals surface area (Å²) in [4.78, 5) is 1.25. The maximum Gasteiger partial charge on any atom is 0.243 e. The molecule has 2 rings (SSSR count). The third kappa shape index (κ3) is 4.01. The topological polar surface area (TPSA) is 49.4 Å². The number of piperidine rings is 1. The second-order valence-electron chi connectivity index (χ2n) is 5.05. The molecule has 0 aromatic heterocycles. The van der Waals surface area contributed by atoms with Crippen LogP contribution < -0.4 is 5.32 Å². The molecule has 1 heterocycles. The van der Waals surface area contributed by atoms with Crippen LogP contribution in [0.15, 0.2) is 38.8 Å². The Bertz CT molecular complexity index is 638. The van der Waals surface area contributed by atoms with Gasteiger partial charge in [0.05, 0.1) is 4.90 Å². The van der Waals surface area contributed by atoms with E-state index < -0.39 is 10.0 Å². The highest BCUT2D eigenvalue weighted by Gasteiger charge is 2.26. The van der Waals surface area contributed by atoms with E-state index in [1.54, 1.807) is 28.2 Å². The molecule has 0 aliphatic carbocycles. The van der Waals surface area contributed by atoms with Gasteiger partial charge in [-0.25, -0.2) is 8.42 Å². The Kier molecular flexibility index (Phi) is 6.26. The van der Waals surface area contributed by atoms with Gasteiger partial charge in [0, 0.05) is 35.0 Å². The zero-order valence-corrected chi connectivity index (χ0v) is 15.4. The fourth-order valence-electron chi connectivity index (χ4n) is 2.37. The summed E-state index contributed by atoms with van der Waals surface area (Å²) in [6, 6.07) is 5.26. The maximum atomic E-state index is 12.8. The Morgan fingerprint density at radius 2 is 1.95 bits per heavy atom. The predicted molar refractivity (Wildman–Crippen MR) is 97.1 cm³/mol. The van der Waals surface area contributed by atoms with E-state index in [1.807, 2.05) is 19.4 Å². The van der Waals surface area contributed by atoms with Gasteiger partial charge in [-0.2, -0.15) is 4.31 Å². The number of hydrogen-bond donors (Lipinski definition) is 1. The number of sulfonamides is 1. The van der Waals surface area contributed by atoms with Crippen LogP contribution in [0, 0.1) is 0 Å². The first kappa shape index (κ1) is 17.7. The average molecular weight is 359 g/mol. The van der Waals surface area contributed by atoms with E-state index in [4.69, 9.17) is 0 Å². The van der Waals surface area contributed by atoms with Crippen molar-refractivity contribution in [1.29, 1.82) is 0 Å². The van der Waals surface area contributed by atoms with Crippen molar-refractivity contribution in [2.75, 3.05) is 31.7 Å². The van der Waals surface area contributed by atoms with Crippen LogP contribution >= 0.6 is 23.5 Å². The van der Waals surface area contributed by atoms with E-state index in [9.17, 15) is 8.42 Å². The molecule has 0 radical (unpaired) electrons. The van der Waals surface area contributed by atoms with Crippen LogP contribution in [-0.4, -0.2) is 39.1 Å². The van der Waals surface area contributed by atoms with E-state index >= 15 is 0 Å². The van der Waals surface area contributed by atoms with Gasteiger partial charge < -0.3 is 5.32 Å². The zero-order chi connectivity index (χ0) is 16.2. The molecule has 0 unspecified atom stereocenters. The Labute approximate surface area is 141 Å². The Balaban J connectivity index is 2.34. The molecule has 22 heavy (non-hydrogen) atoms. The van der Waals surface area contributed by atoms with E-state index in [2.05, 4.69) is 11.9 Å². The number of hydrogen-bond acceptors (Lipinski definition) is 5. The van der Waals surface area contributed by atoms with Gasteiger partial charge in [0.25, 0.3) is 0 Å². The van der Waals surface area contributed by atoms with Crippen molar-refractivity contribution in [2.24, 2.45) is 0 Å². The third-order valence-corrected chi connectivity index (χ3v) is 7.51. The van der Waals surface area contributed by atoms with Crippen molar-refractivity contribution < 1.29 is 8.42 Å². The van der Waals surface area contributed by atoms with Crippen LogP contribution in [0.1, 0.15) is 19.3 Å². The summed E-state index contributed by atoms with van der Waals surface area (Å²) in [6.07, 6.45) is 4.96. The van der Waals surface area contributed by atoms with Gasteiger partial charge in [-0.1, -0.05) is 24.8 Å². The molecule has 1 fully saturated rings. The molecule has 1 saturated heterocycles. The molecule has 1 aliphatic heterocycles. The standard InChI is InChI=1S/C15H22N2O2S3/c1-12(20-3)21-15-11-13(7-8-14(15)16-2)22(18,19)17-9-5-4-6-10-17/h7-8,11,16H,1,4-6,9-10H2,2-3H3. The highest BCUT2D eigenvalue weighted by atomic mass is 32.2. The summed E-state index contributed by atoms with van der Waals surface area (Å²) < 4.78 is 28.1. The molecule has 122 valence electrons. The minimum atomic E-state index is -3.40. The van der Waals surface area contributed by atoms with Crippen LogP contribution in [0.5, 0.6) is 0 Å². The number of nitrogens with zero attached hydrogens (tertiary/aromatic N) is 1. The minimum absolute atomic E-state index is 0.366. The molecule has 1 aromatic rings. The van der Waals surface area contributed by atoms with Gasteiger partial charge in [0.1, 0.15) is 0 Å². The van der Waals surface area contributed by atoms with Crippen molar-refractivity contribution >= 4 is 39.2 Å². The summed E-state index contributed by atoms with van der Waals surface area (Å²) in [5, 5.41) is 3.10. The molecule has 0 saturated carbocycles. The van der Waals surface area contributed by atoms with Gasteiger partial charge >= 0.3 is 0 Å². The number of thioether (sulfide) groups is 2. The van der Waals surface area contributed by atoms with Crippen LogP contribution in [-0.2, 0) is 10.0 Å². The van der Waals surface area contributed by atoms with Crippen molar-refractivity contribution in [3.05, 3.63) is 29.0 Å². The minimum Gasteiger partial charge on any atom is -0.387 e. The molecule has 1 aliphatic rings. The summed E-state index contributed by atoms with van der Waals surface area (Å²) in [5.74, 6) is 0. The first-order valence-electron chi connectivity index (χ1n) is 7.21. The lowest BCUT2D eigenvalue weighted by molar-refractivity contribution is 0.346. The second kappa shape index (κ2) is 7.77. The van der Waals surface area contributed by atoms with E-state index in [1.165, 1.54) is 11.8 Å². The number of rotatable bonds is 6. The fraction of sp³-hybridized carbons (Fsp3) is 0.467. The molecular formula is C15H22N2O2S3. The lowest BCUT2D eigenvalue weighted by Crippen LogP contribution is -2.35. The van der Waals surface area contributed by atoms with E-state index in [-0.39, 0.29) is 0 Å². The zero-order valence-electron chi connectivity index (χ0n) is 13.0. The molecule has 0 bridgehead atoms. The van der Waals surface area contributed by atoms with Crippen molar-refractivity contribution in [1.82, 2.24) is 4.31 Å². The second-order valence-corrected chi connectivity index (χ2v) is 9.29. The maximum absolute atomic E-state index is 12.8. The van der Waals surface area contributed by atoms with Crippen LogP contribution in [0.3, 0.4) is 0 Å². The molecule has 1 aromatic carbocycles. The monoisotopic (exact) mass is 358 g/mol. The predicted octanol–water partition coefficient (Wildman–Crippen LogP) is 3.83. The van der Waals surface area contributed by atoms with Crippen molar-refractivity contribution in [3.63, 3.8) is 0 Å². The molecule has 0 amide bonds. The van der Waals surface area contributed by atoms with E-state index in [0.29, 0.717) is 18.0 Å². The van der Waals surface area contributed by atoms with Gasteiger partial charge in [-0.05, 0) is 37.3 Å². The van der Waals surface area contributed by atoms with E-state index in [0.717, 1.165) is 34.1 Å². The summed E-state index contributed by atoms with van der Waals surface area (Å²) in [6.45, 7) is 5.21. The lowest BCUT2D eigenvalue weighted by Gasteiger charge is -2.26. The van der Waals surface area contributed by atoms with Crippen LogP contribution in [0.4, 0.5) is 5.69 Å². The van der Waals surface area contributed by atoms with Crippen molar-refractivity contribution in [3.8, 4) is 0 Å². The Morgan fingerprint density at radius 1 is 1.27 bits per heavy atom. The number of anilines is 1. The first-order chi connectivity index (χ1) is 10.5.